The lowest BCUT2D eigenvalue weighted by atomic mass is 9.88. The number of hydrogen-bond donors (Lipinski definition) is 1. The maximum Gasteiger partial charge on any atom is 0.307 e. The van der Waals surface area contributed by atoms with Crippen LogP contribution in [-0.2, 0) is 14.3 Å². The van der Waals surface area contributed by atoms with Gasteiger partial charge in [-0.2, -0.15) is 0 Å². The maximum absolute atomic E-state index is 11.6. The van der Waals surface area contributed by atoms with Gasteiger partial charge >= 0.3 is 11.9 Å². The van der Waals surface area contributed by atoms with E-state index in [1.165, 1.54) is 0 Å². The van der Waals surface area contributed by atoms with E-state index >= 15 is 0 Å². The summed E-state index contributed by atoms with van der Waals surface area (Å²) in [6.07, 6.45) is 1.67. The molecule has 0 amide bonds. The Kier molecular flexibility index (Phi) is 6.21. The summed E-state index contributed by atoms with van der Waals surface area (Å²) in [6.45, 7) is 9.19. The zero-order valence-corrected chi connectivity index (χ0v) is 11.4. The van der Waals surface area contributed by atoms with Crippen LogP contribution in [0.15, 0.2) is 0 Å². The summed E-state index contributed by atoms with van der Waals surface area (Å²) in [5, 5.41) is 9.11. The highest BCUT2D eigenvalue weighted by Crippen LogP contribution is 2.22. The highest BCUT2D eigenvalue weighted by molar-refractivity contribution is 5.79. The summed E-state index contributed by atoms with van der Waals surface area (Å²) >= 11 is 0. The van der Waals surface area contributed by atoms with Crippen LogP contribution in [0.1, 0.15) is 53.9 Å². The number of carboxylic acid groups (broad SMARTS) is 1. The van der Waals surface area contributed by atoms with Crippen molar-refractivity contribution in [3.63, 3.8) is 0 Å². The zero-order valence-electron chi connectivity index (χ0n) is 11.4. The van der Waals surface area contributed by atoms with Gasteiger partial charge in [-0.05, 0) is 26.7 Å². The van der Waals surface area contributed by atoms with Crippen LogP contribution < -0.4 is 0 Å². The summed E-state index contributed by atoms with van der Waals surface area (Å²) in [4.78, 5) is 22.7. The van der Waals surface area contributed by atoms with Gasteiger partial charge in [0.15, 0.2) is 0 Å². The van der Waals surface area contributed by atoms with Gasteiger partial charge in [0.25, 0.3) is 0 Å². The second kappa shape index (κ2) is 6.62. The van der Waals surface area contributed by atoms with Crippen molar-refractivity contribution in [3.8, 4) is 0 Å². The lowest BCUT2D eigenvalue weighted by Gasteiger charge is -2.23. The number of carbonyl (C=O) groups excluding carboxylic acids is 1. The Morgan fingerprint density at radius 2 is 1.82 bits per heavy atom. The summed E-state index contributed by atoms with van der Waals surface area (Å²) < 4.78 is 5.14. The molecule has 0 aromatic rings. The van der Waals surface area contributed by atoms with Crippen LogP contribution in [0.4, 0.5) is 0 Å². The maximum atomic E-state index is 11.6. The van der Waals surface area contributed by atoms with Crippen LogP contribution in [-0.4, -0.2) is 22.6 Å². The number of ether oxygens (including phenoxy) is 1. The Hall–Kier alpha value is -1.06. The summed E-state index contributed by atoms with van der Waals surface area (Å²) in [7, 11) is 0. The predicted octanol–water partition coefficient (Wildman–Crippen LogP) is 2.86. The van der Waals surface area contributed by atoms with Crippen molar-refractivity contribution in [3.05, 3.63) is 0 Å². The molecule has 1 N–H and O–H groups in total. The molecule has 0 spiro atoms. The number of aliphatic carboxylic acids is 1. The molecule has 0 aliphatic heterocycles. The minimum atomic E-state index is -0.920. The first kappa shape index (κ1) is 15.9. The van der Waals surface area contributed by atoms with E-state index in [0.717, 1.165) is 12.8 Å². The molecule has 0 aromatic heterocycles. The van der Waals surface area contributed by atoms with E-state index in [0.29, 0.717) is 0 Å². The summed E-state index contributed by atoms with van der Waals surface area (Å²) in [5.41, 5.74) is -0.561. The number of rotatable bonds is 6. The fourth-order valence-electron chi connectivity index (χ4n) is 1.75. The van der Waals surface area contributed by atoms with Crippen LogP contribution in [0.5, 0.6) is 0 Å². The number of carbonyl (C=O) groups is 2. The van der Waals surface area contributed by atoms with Gasteiger partial charge in [0, 0.05) is 0 Å². The van der Waals surface area contributed by atoms with Crippen molar-refractivity contribution >= 4 is 11.9 Å². The van der Waals surface area contributed by atoms with E-state index in [1.807, 2.05) is 13.8 Å². The van der Waals surface area contributed by atoms with Crippen LogP contribution >= 0.6 is 0 Å². The first-order valence-electron chi connectivity index (χ1n) is 6.12. The van der Waals surface area contributed by atoms with E-state index in [1.54, 1.807) is 20.8 Å². The molecule has 0 aliphatic rings. The number of esters is 1. The minimum Gasteiger partial charge on any atom is -0.481 e. The quantitative estimate of drug-likeness (QED) is 0.730. The molecule has 0 radical (unpaired) electrons. The van der Waals surface area contributed by atoms with E-state index in [2.05, 4.69) is 0 Å². The van der Waals surface area contributed by atoms with E-state index in [4.69, 9.17) is 9.84 Å². The number of hydrogen-bond acceptors (Lipinski definition) is 3. The lowest BCUT2D eigenvalue weighted by Crippen LogP contribution is -2.30. The molecule has 0 bridgehead atoms. The topological polar surface area (TPSA) is 63.6 Å². The fourth-order valence-corrected chi connectivity index (χ4v) is 1.75. The van der Waals surface area contributed by atoms with Crippen LogP contribution in [0, 0.1) is 11.8 Å². The highest BCUT2D eigenvalue weighted by Gasteiger charge is 2.29. The van der Waals surface area contributed by atoms with Gasteiger partial charge in [-0.3, -0.25) is 9.59 Å². The van der Waals surface area contributed by atoms with Crippen molar-refractivity contribution in [2.75, 3.05) is 0 Å². The minimum absolute atomic E-state index is 0.00924. The molecular formula is C13H24O4. The van der Waals surface area contributed by atoms with Crippen molar-refractivity contribution in [2.45, 2.75) is 59.5 Å². The molecule has 4 heteroatoms. The van der Waals surface area contributed by atoms with Gasteiger partial charge in [-0.15, -0.1) is 0 Å². The van der Waals surface area contributed by atoms with Crippen LogP contribution in [0.25, 0.3) is 0 Å². The molecule has 0 heterocycles. The third-order valence-corrected chi connectivity index (χ3v) is 2.55. The molecule has 0 rings (SSSR count). The lowest BCUT2D eigenvalue weighted by molar-refractivity contribution is -0.161. The van der Waals surface area contributed by atoms with Crippen LogP contribution in [0.2, 0.25) is 0 Å². The smallest absolute Gasteiger partial charge is 0.307 e. The Morgan fingerprint density at radius 1 is 1.29 bits per heavy atom. The molecule has 17 heavy (non-hydrogen) atoms. The predicted molar refractivity (Wildman–Crippen MR) is 65.7 cm³/mol. The SMILES string of the molecule is CCCC(C)C(CC(=O)OC(C)(C)C)C(=O)O. The van der Waals surface area contributed by atoms with Crippen molar-refractivity contribution in [1.82, 2.24) is 0 Å². The molecule has 0 aromatic carbocycles. The molecular weight excluding hydrogens is 220 g/mol. The monoisotopic (exact) mass is 244 g/mol. The van der Waals surface area contributed by atoms with Gasteiger partial charge in [0.05, 0.1) is 12.3 Å². The molecule has 2 atom stereocenters. The average molecular weight is 244 g/mol. The second-order valence-electron chi connectivity index (χ2n) is 5.50. The molecule has 2 unspecified atom stereocenters. The standard InChI is InChI=1S/C13H24O4/c1-6-7-9(2)10(12(15)16)8-11(14)17-13(3,4)5/h9-10H,6-8H2,1-5H3,(H,15,16). The van der Waals surface area contributed by atoms with Gasteiger partial charge in [0.2, 0.25) is 0 Å². The molecule has 100 valence electrons. The van der Waals surface area contributed by atoms with E-state index in [-0.39, 0.29) is 12.3 Å². The third-order valence-electron chi connectivity index (χ3n) is 2.55. The summed E-state index contributed by atoms with van der Waals surface area (Å²) in [5.74, 6) is -2.01. The highest BCUT2D eigenvalue weighted by atomic mass is 16.6. The van der Waals surface area contributed by atoms with Crippen molar-refractivity contribution in [1.29, 1.82) is 0 Å². The van der Waals surface area contributed by atoms with Gasteiger partial charge in [0.1, 0.15) is 5.60 Å². The van der Waals surface area contributed by atoms with E-state index < -0.39 is 23.5 Å². The van der Waals surface area contributed by atoms with Gasteiger partial charge < -0.3 is 9.84 Å². The molecule has 0 fully saturated rings. The largest absolute Gasteiger partial charge is 0.481 e. The molecule has 0 aliphatic carbocycles. The Balaban J connectivity index is 4.45. The van der Waals surface area contributed by atoms with E-state index in [9.17, 15) is 9.59 Å². The second-order valence-corrected chi connectivity index (χ2v) is 5.50. The molecule has 0 saturated carbocycles. The van der Waals surface area contributed by atoms with Gasteiger partial charge in [-0.25, -0.2) is 0 Å². The Labute approximate surface area is 103 Å². The van der Waals surface area contributed by atoms with Crippen molar-refractivity contribution in [2.24, 2.45) is 11.8 Å². The summed E-state index contributed by atoms with van der Waals surface area (Å²) in [6, 6.07) is 0. The van der Waals surface area contributed by atoms with Crippen molar-refractivity contribution < 1.29 is 19.4 Å². The Morgan fingerprint density at radius 3 is 2.18 bits per heavy atom. The third kappa shape index (κ3) is 6.97. The number of carboxylic acids is 1. The fraction of sp³-hybridized carbons (Fsp3) is 0.846. The first-order valence-corrected chi connectivity index (χ1v) is 6.12. The zero-order chi connectivity index (χ0) is 13.6. The molecule has 4 nitrogen and oxygen atoms in total. The molecule has 0 saturated heterocycles. The van der Waals surface area contributed by atoms with Gasteiger partial charge in [-0.1, -0.05) is 26.7 Å². The Bertz CT molecular complexity index is 265. The van der Waals surface area contributed by atoms with Crippen LogP contribution in [0.3, 0.4) is 0 Å². The average Bonchev–Trinajstić information content (AvgIpc) is 2.11. The first-order chi connectivity index (χ1) is 7.67. The normalized spacial score (nSPS) is 15.1.